The summed E-state index contributed by atoms with van der Waals surface area (Å²) in [6.45, 7) is 0.945. The van der Waals surface area contributed by atoms with Gasteiger partial charge in [-0.2, -0.15) is 0 Å². The topological polar surface area (TPSA) is 75.2 Å². The van der Waals surface area contributed by atoms with Crippen LogP contribution in [0, 0.1) is 0 Å². The van der Waals surface area contributed by atoms with Crippen molar-refractivity contribution in [2.75, 3.05) is 19.4 Å². The lowest BCUT2D eigenvalue weighted by Crippen LogP contribution is -2.24. The smallest absolute Gasteiger partial charge is 0.275 e. The fourth-order valence-electron chi connectivity index (χ4n) is 4.03. The molecule has 0 bridgehead atoms. The Morgan fingerprint density at radius 3 is 2.38 bits per heavy atom. The van der Waals surface area contributed by atoms with Crippen LogP contribution in [0.4, 0.5) is 5.69 Å². The summed E-state index contributed by atoms with van der Waals surface area (Å²) in [5, 5.41) is 9.38. The van der Waals surface area contributed by atoms with Gasteiger partial charge in [0.15, 0.2) is 0 Å². The molecule has 5 rings (SSSR count). The van der Waals surface area contributed by atoms with Crippen LogP contribution in [0.15, 0.2) is 60.3 Å². The maximum atomic E-state index is 12.7. The first-order valence-electron chi connectivity index (χ1n) is 9.76. The van der Waals surface area contributed by atoms with Crippen LogP contribution >= 0.6 is 0 Å². The molecule has 148 valence electrons. The van der Waals surface area contributed by atoms with E-state index in [2.05, 4.69) is 26.6 Å². The van der Waals surface area contributed by atoms with Gasteiger partial charge in [0.2, 0.25) is 0 Å². The van der Waals surface area contributed by atoms with Crippen LogP contribution < -0.4 is 16.0 Å². The van der Waals surface area contributed by atoms with Gasteiger partial charge in [0.1, 0.15) is 5.70 Å². The Morgan fingerprint density at radius 2 is 1.62 bits per heavy atom. The lowest BCUT2D eigenvalue weighted by molar-refractivity contribution is -0.123. The van der Waals surface area contributed by atoms with E-state index in [4.69, 9.17) is 0 Å². The van der Waals surface area contributed by atoms with E-state index in [1.165, 1.54) is 0 Å². The van der Waals surface area contributed by atoms with Gasteiger partial charge < -0.3 is 15.2 Å². The highest BCUT2D eigenvalue weighted by Gasteiger charge is 2.36. The van der Waals surface area contributed by atoms with Crippen LogP contribution in [0.3, 0.4) is 0 Å². The van der Waals surface area contributed by atoms with Crippen LogP contribution in [0.2, 0.25) is 0 Å². The van der Waals surface area contributed by atoms with Gasteiger partial charge in [-0.3, -0.25) is 14.9 Å². The number of hydrogen-bond donors (Lipinski definition) is 3. The predicted molar refractivity (Wildman–Crippen MR) is 115 cm³/mol. The van der Waals surface area contributed by atoms with Gasteiger partial charge in [0, 0.05) is 34.4 Å². The number of rotatable bonds is 3. The number of hydrogen-bond acceptors (Lipinski definition) is 4. The maximum absolute atomic E-state index is 12.7. The van der Waals surface area contributed by atoms with Gasteiger partial charge in [-0.1, -0.05) is 36.4 Å². The second-order valence-corrected chi connectivity index (χ2v) is 7.12. The van der Waals surface area contributed by atoms with E-state index >= 15 is 0 Å². The third-order valence-corrected chi connectivity index (χ3v) is 5.10. The summed E-state index contributed by atoms with van der Waals surface area (Å²) in [7, 11) is 3.75. The molecule has 0 unspecified atom stereocenters. The third kappa shape index (κ3) is 3.32. The summed E-state index contributed by atoms with van der Waals surface area (Å²) in [5.74, 6) is -0.713. The highest BCUT2D eigenvalue weighted by Crippen LogP contribution is 2.38. The van der Waals surface area contributed by atoms with Crippen molar-refractivity contribution in [1.29, 1.82) is 0 Å². The fourth-order valence-corrected chi connectivity index (χ4v) is 4.03. The molecule has 2 aliphatic heterocycles. The zero-order valence-electron chi connectivity index (χ0n) is 16.6. The summed E-state index contributed by atoms with van der Waals surface area (Å²) in [5.41, 5.74) is 4.70. The molecule has 3 aromatic rings. The molecule has 0 radical (unpaired) electrons. The van der Waals surface area contributed by atoms with Crippen molar-refractivity contribution in [2.45, 2.75) is 19.4 Å². The molecule has 29 heavy (non-hydrogen) atoms. The average Bonchev–Trinajstić information content (AvgIpc) is 3.38. The van der Waals surface area contributed by atoms with Crippen molar-refractivity contribution < 1.29 is 9.59 Å². The Balaban J connectivity index is 0.000000645. The average molecular weight is 388 g/mol. The van der Waals surface area contributed by atoms with Crippen LogP contribution in [0.1, 0.15) is 17.7 Å². The molecule has 0 spiro atoms. The molecule has 0 saturated carbocycles. The number of anilines is 1. The zero-order valence-corrected chi connectivity index (χ0v) is 16.6. The van der Waals surface area contributed by atoms with Crippen molar-refractivity contribution in [1.82, 2.24) is 15.2 Å². The Bertz CT molecular complexity index is 1110. The standard InChI is InChI=1S/C21H17N3O2.C2H7N/c25-20-18(19(21(26)23-20)22-13-7-2-1-3-8-13)17-14-9-4-5-10-15(14)24-12-6-11-16(17)24;1-3-2/h1-5,7-10H,6,11-12H2,(H2,22,23,25,26);3H,1-2H3. The number of carbonyl (C=O) groups excluding carboxylic acids is 2. The number of nitrogens with zero attached hydrogens (tertiary/aromatic N) is 1. The number of aromatic nitrogens is 1. The molecule has 2 aromatic carbocycles. The number of nitrogens with one attached hydrogen (secondary N) is 3. The molecule has 6 heteroatoms. The number of carbonyl (C=O) groups is 2. The Labute approximate surface area is 169 Å². The van der Waals surface area contributed by atoms with E-state index in [0.717, 1.165) is 47.2 Å². The fraction of sp³-hybridized carbons (Fsp3) is 0.217. The van der Waals surface area contributed by atoms with Gasteiger partial charge in [-0.25, -0.2) is 0 Å². The Kier molecular flexibility index (Phi) is 5.18. The molecule has 6 nitrogen and oxygen atoms in total. The highest BCUT2D eigenvalue weighted by molar-refractivity contribution is 6.38. The van der Waals surface area contributed by atoms with Crippen molar-refractivity contribution >= 4 is 34.0 Å². The molecule has 2 aliphatic rings. The number of benzene rings is 2. The summed E-state index contributed by atoms with van der Waals surface area (Å²) in [4.78, 5) is 25.2. The van der Waals surface area contributed by atoms with Gasteiger partial charge in [-0.15, -0.1) is 0 Å². The predicted octanol–water partition coefficient (Wildman–Crippen LogP) is 2.90. The first kappa shape index (κ1) is 19.0. The molecular weight excluding hydrogens is 364 g/mol. The van der Waals surface area contributed by atoms with E-state index < -0.39 is 0 Å². The van der Waals surface area contributed by atoms with Crippen molar-refractivity contribution in [3.63, 3.8) is 0 Å². The maximum Gasteiger partial charge on any atom is 0.275 e. The minimum Gasteiger partial charge on any atom is -0.350 e. The monoisotopic (exact) mass is 388 g/mol. The lowest BCUT2D eigenvalue weighted by Gasteiger charge is -2.08. The van der Waals surface area contributed by atoms with E-state index in [9.17, 15) is 9.59 Å². The zero-order chi connectivity index (χ0) is 20.4. The number of fused-ring (bicyclic) bond motifs is 3. The van der Waals surface area contributed by atoms with Crippen LogP contribution in [0.25, 0.3) is 16.5 Å². The van der Waals surface area contributed by atoms with Crippen LogP contribution in [-0.4, -0.2) is 30.5 Å². The van der Waals surface area contributed by atoms with Gasteiger partial charge >= 0.3 is 0 Å². The molecule has 0 fully saturated rings. The number of amides is 2. The minimum absolute atomic E-state index is 0.326. The molecule has 0 atom stereocenters. The van der Waals surface area contributed by atoms with Crippen LogP contribution in [0.5, 0.6) is 0 Å². The van der Waals surface area contributed by atoms with Crippen LogP contribution in [-0.2, 0) is 22.6 Å². The van der Waals surface area contributed by atoms with E-state index in [0.29, 0.717) is 11.3 Å². The third-order valence-electron chi connectivity index (χ3n) is 5.10. The van der Waals surface area contributed by atoms with Gasteiger partial charge in [-0.05, 0) is 45.1 Å². The second-order valence-electron chi connectivity index (χ2n) is 7.12. The SMILES string of the molecule is CNC.O=C1NC(=O)C(c2c3n(c4ccccc24)CCC3)=C1Nc1ccccc1. The van der Waals surface area contributed by atoms with E-state index in [1.807, 2.05) is 62.6 Å². The summed E-state index contributed by atoms with van der Waals surface area (Å²) in [6.07, 6.45) is 1.96. The normalized spacial score (nSPS) is 15.2. The molecule has 0 aliphatic carbocycles. The largest absolute Gasteiger partial charge is 0.350 e. The van der Waals surface area contributed by atoms with E-state index in [1.54, 1.807) is 0 Å². The molecule has 3 N–H and O–H groups in total. The minimum atomic E-state index is -0.379. The number of imide groups is 1. The van der Waals surface area contributed by atoms with Crippen molar-refractivity contribution in [2.24, 2.45) is 0 Å². The highest BCUT2D eigenvalue weighted by atomic mass is 16.2. The number of para-hydroxylation sites is 2. The quantitative estimate of drug-likeness (QED) is 0.603. The number of aryl methyl sites for hydroxylation is 1. The molecular formula is C23H24N4O2. The summed E-state index contributed by atoms with van der Waals surface area (Å²) >= 11 is 0. The summed E-state index contributed by atoms with van der Waals surface area (Å²) in [6, 6.07) is 17.5. The first-order chi connectivity index (χ1) is 14.2. The second kappa shape index (κ2) is 7.93. The summed E-state index contributed by atoms with van der Waals surface area (Å²) < 4.78 is 2.27. The van der Waals surface area contributed by atoms with E-state index in [-0.39, 0.29) is 11.8 Å². The van der Waals surface area contributed by atoms with Gasteiger partial charge in [0.25, 0.3) is 11.8 Å². The molecule has 1 aromatic heterocycles. The molecule has 3 heterocycles. The molecule has 2 amide bonds. The Hall–Kier alpha value is -3.38. The lowest BCUT2D eigenvalue weighted by atomic mass is 9.99. The first-order valence-corrected chi connectivity index (χ1v) is 9.76. The van der Waals surface area contributed by atoms with Crippen molar-refractivity contribution in [3.8, 4) is 0 Å². The van der Waals surface area contributed by atoms with Gasteiger partial charge in [0.05, 0.1) is 5.57 Å². The molecule has 0 saturated heterocycles. The van der Waals surface area contributed by atoms with Crippen molar-refractivity contribution in [3.05, 3.63) is 71.6 Å². The Morgan fingerprint density at radius 1 is 0.931 bits per heavy atom.